The first-order valence-electron chi connectivity index (χ1n) is 5.84. The molecule has 0 bridgehead atoms. The van der Waals surface area contributed by atoms with Crippen LogP contribution >= 0.6 is 0 Å². The summed E-state index contributed by atoms with van der Waals surface area (Å²) in [4.78, 5) is 11.2. The Morgan fingerprint density at radius 1 is 1.14 bits per heavy atom. The van der Waals surface area contributed by atoms with Crippen LogP contribution in [0.25, 0.3) is 0 Å². The van der Waals surface area contributed by atoms with Crippen LogP contribution in [0.15, 0.2) is 0 Å². The molecule has 0 saturated heterocycles. The molecule has 0 aromatic carbocycles. The molecule has 0 radical (unpaired) electrons. The van der Waals surface area contributed by atoms with E-state index >= 15 is 0 Å². The van der Waals surface area contributed by atoms with Gasteiger partial charge in [-0.2, -0.15) is 0 Å². The third-order valence-electron chi connectivity index (χ3n) is 2.68. The number of rotatable bonds is 8. The number of hydrogen-bond acceptors (Lipinski definition) is 2. The SMILES string of the molecule is CCCCCCCC(CC)C(=O)OC. The molecule has 0 aromatic heterocycles. The molecule has 0 N–H and O–H groups in total. The molecule has 0 rings (SSSR count). The van der Waals surface area contributed by atoms with Gasteiger partial charge in [-0.3, -0.25) is 4.79 Å². The molecule has 0 aromatic rings. The molecular formula is C12H24O2. The minimum atomic E-state index is -0.0389. The zero-order valence-corrected chi connectivity index (χ0v) is 9.84. The summed E-state index contributed by atoms with van der Waals surface area (Å²) >= 11 is 0. The van der Waals surface area contributed by atoms with Crippen LogP contribution in [0.3, 0.4) is 0 Å². The number of esters is 1. The molecule has 1 unspecified atom stereocenters. The fraction of sp³-hybridized carbons (Fsp3) is 0.917. The van der Waals surface area contributed by atoms with Crippen molar-refractivity contribution < 1.29 is 9.53 Å². The topological polar surface area (TPSA) is 26.3 Å². The minimum Gasteiger partial charge on any atom is -0.469 e. The first kappa shape index (κ1) is 13.5. The standard InChI is InChI=1S/C12H24O2/c1-4-6-7-8-9-10-11(5-2)12(13)14-3/h11H,4-10H2,1-3H3. The monoisotopic (exact) mass is 200 g/mol. The predicted octanol–water partition coefficient (Wildman–Crippen LogP) is 3.55. The lowest BCUT2D eigenvalue weighted by Crippen LogP contribution is -2.15. The lowest BCUT2D eigenvalue weighted by atomic mass is 9.98. The second-order valence-electron chi connectivity index (χ2n) is 3.83. The van der Waals surface area contributed by atoms with Crippen molar-refractivity contribution in [3.8, 4) is 0 Å². The Hall–Kier alpha value is -0.530. The van der Waals surface area contributed by atoms with E-state index in [1.807, 2.05) is 6.92 Å². The largest absolute Gasteiger partial charge is 0.469 e. The Morgan fingerprint density at radius 3 is 2.29 bits per heavy atom. The van der Waals surface area contributed by atoms with Gasteiger partial charge in [0.05, 0.1) is 13.0 Å². The van der Waals surface area contributed by atoms with E-state index in [1.165, 1.54) is 32.8 Å². The van der Waals surface area contributed by atoms with Gasteiger partial charge in [0, 0.05) is 0 Å². The van der Waals surface area contributed by atoms with E-state index in [0.717, 1.165) is 19.3 Å². The first-order valence-corrected chi connectivity index (χ1v) is 5.84. The van der Waals surface area contributed by atoms with E-state index in [-0.39, 0.29) is 11.9 Å². The zero-order chi connectivity index (χ0) is 10.8. The summed E-state index contributed by atoms with van der Waals surface area (Å²) < 4.78 is 4.74. The lowest BCUT2D eigenvalue weighted by molar-refractivity contribution is -0.145. The van der Waals surface area contributed by atoms with Gasteiger partial charge >= 0.3 is 5.97 Å². The van der Waals surface area contributed by atoms with E-state index in [0.29, 0.717) is 0 Å². The molecule has 0 aliphatic heterocycles. The maximum absolute atomic E-state index is 11.2. The summed E-state index contributed by atoms with van der Waals surface area (Å²) in [5.74, 6) is 0.0876. The van der Waals surface area contributed by atoms with Gasteiger partial charge in [0.25, 0.3) is 0 Å². The molecule has 0 fully saturated rings. The number of methoxy groups -OCH3 is 1. The summed E-state index contributed by atoms with van der Waals surface area (Å²) in [5, 5.41) is 0. The Labute approximate surface area is 88.0 Å². The highest BCUT2D eigenvalue weighted by molar-refractivity contribution is 5.72. The third kappa shape index (κ3) is 6.01. The van der Waals surface area contributed by atoms with Crippen molar-refractivity contribution in [3.05, 3.63) is 0 Å². The molecule has 2 heteroatoms. The maximum Gasteiger partial charge on any atom is 0.308 e. The lowest BCUT2D eigenvalue weighted by Gasteiger charge is -2.11. The fourth-order valence-electron chi connectivity index (χ4n) is 1.65. The number of carbonyl (C=O) groups excluding carboxylic acids is 1. The molecule has 0 aliphatic rings. The van der Waals surface area contributed by atoms with Crippen LogP contribution in [-0.2, 0) is 9.53 Å². The van der Waals surface area contributed by atoms with Crippen molar-refractivity contribution in [1.29, 1.82) is 0 Å². The highest BCUT2D eigenvalue weighted by Crippen LogP contribution is 2.15. The van der Waals surface area contributed by atoms with E-state index in [4.69, 9.17) is 4.74 Å². The number of carbonyl (C=O) groups is 1. The van der Waals surface area contributed by atoms with Crippen molar-refractivity contribution in [1.82, 2.24) is 0 Å². The Kier molecular flexibility index (Phi) is 8.70. The van der Waals surface area contributed by atoms with Gasteiger partial charge in [-0.25, -0.2) is 0 Å². The molecule has 0 aliphatic carbocycles. The van der Waals surface area contributed by atoms with Crippen molar-refractivity contribution in [2.24, 2.45) is 5.92 Å². The second-order valence-corrected chi connectivity index (χ2v) is 3.83. The zero-order valence-electron chi connectivity index (χ0n) is 9.84. The minimum absolute atomic E-state index is 0.0389. The van der Waals surface area contributed by atoms with E-state index in [1.54, 1.807) is 0 Å². The number of hydrogen-bond donors (Lipinski definition) is 0. The van der Waals surface area contributed by atoms with Gasteiger partial charge in [0.2, 0.25) is 0 Å². The van der Waals surface area contributed by atoms with E-state index in [9.17, 15) is 4.79 Å². The molecule has 1 atom stereocenters. The number of ether oxygens (including phenoxy) is 1. The van der Waals surface area contributed by atoms with Gasteiger partial charge in [-0.05, 0) is 12.8 Å². The second kappa shape index (κ2) is 9.04. The normalized spacial score (nSPS) is 12.5. The quantitative estimate of drug-likeness (QED) is 0.442. The molecule has 0 saturated carbocycles. The van der Waals surface area contributed by atoms with E-state index < -0.39 is 0 Å². The Morgan fingerprint density at radius 2 is 1.79 bits per heavy atom. The molecule has 0 heterocycles. The van der Waals surface area contributed by atoms with E-state index in [2.05, 4.69) is 6.92 Å². The molecule has 14 heavy (non-hydrogen) atoms. The predicted molar refractivity (Wildman–Crippen MR) is 59.2 cm³/mol. The summed E-state index contributed by atoms with van der Waals surface area (Å²) in [5.41, 5.74) is 0. The van der Waals surface area contributed by atoms with Crippen LogP contribution in [0.4, 0.5) is 0 Å². The Bertz CT molecular complexity index is 143. The van der Waals surface area contributed by atoms with Crippen LogP contribution in [0.5, 0.6) is 0 Å². The molecular weight excluding hydrogens is 176 g/mol. The average molecular weight is 200 g/mol. The summed E-state index contributed by atoms with van der Waals surface area (Å²) in [6.07, 6.45) is 8.19. The molecule has 84 valence electrons. The molecule has 0 amide bonds. The van der Waals surface area contributed by atoms with Gasteiger partial charge in [0.1, 0.15) is 0 Å². The van der Waals surface area contributed by atoms with Crippen molar-refractivity contribution >= 4 is 5.97 Å². The highest BCUT2D eigenvalue weighted by atomic mass is 16.5. The highest BCUT2D eigenvalue weighted by Gasteiger charge is 2.15. The van der Waals surface area contributed by atoms with Gasteiger partial charge < -0.3 is 4.74 Å². The van der Waals surface area contributed by atoms with Gasteiger partial charge in [-0.1, -0.05) is 46.0 Å². The van der Waals surface area contributed by atoms with Crippen LogP contribution in [0, 0.1) is 5.92 Å². The fourth-order valence-corrected chi connectivity index (χ4v) is 1.65. The first-order chi connectivity index (χ1) is 6.76. The Balaban J connectivity index is 3.48. The summed E-state index contributed by atoms with van der Waals surface area (Å²) in [6.45, 7) is 4.26. The third-order valence-corrected chi connectivity index (χ3v) is 2.68. The summed E-state index contributed by atoms with van der Waals surface area (Å²) in [7, 11) is 1.47. The molecule has 0 spiro atoms. The van der Waals surface area contributed by atoms with Crippen LogP contribution in [-0.4, -0.2) is 13.1 Å². The van der Waals surface area contributed by atoms with Crippen molar-refractivity contribution in [2.75, 3.05) is 7.11 Å². The van der Waals surface area contributed by atoms with Crippen LogP contribution < -0.4 is 0 Å². The van der Waals surface area contributed by atoms with Crippen molar-refractivity contribution in [2.45, 2.75) is 58.8 Å². The van der Waals surface area contributed by atoms with Crippen LogP contribution in [0.2, 0.25) is 0 Å². The smallest absolute Gasteiger partial charge is 0.308 e. The number of unbranched alkanes of at least 4 members (excludes halogenated alkanes) is 4. The maximum atomic E-state index is 11.2. The van der Waals surface area contributed by atoms with Gasteiger partial charge in [-0.15, -0.1) is 0 Å². The van der Waals surface area contributed by atoms with Crippen LogP contribution in [0.1, 0.15) is 58.8 Å². The summed E-state index contributed by atoms with van der Waals surface area (Å²) in [6, 6.07) is 0. The molecule has 2 nitrogen and oxygen atoms in total. The van der Waals surface area contributed by atoms with Gasteiger partial charge in [0.15, 0.2) is 0 Å². The van der Waals surface area contributed by atoms with Crippen molar-refractivity contribution in [3.63, 3.8) is 0 Å². The average Bonchev–Trinajstić information content (AvgIpc) is 2.22.